The van der Waals surface area contributed by atoms with Crippen LogP contribution in [0, 0.1) is 13.8 Å². The molecule has 0 unspecified atom stereocenters. The maximum atomic E-state index is 12.1. The number of hydrazone groups is 1. The number of aryl methyl sites for hydroxylation is 1. The van der Waals surface area contributed by atoms with E-state index in [2.05, 4.69) is 15.8 Å². The van der Waals surface area contributed by atoms with E-state index < -0.39 is 11.8 Å². The largest absolute Gasteiger partial charge is 0.489 e. The summed E-state index contributed by atoms with van der Waals surface area (Å²) in [6, 6.07) is 17.8. The minimum absolute atomic E-state index is 0.301. The van der Waals surface area contributed by atoms with Gasteiger partial charge in [-0.2, -0.15) is 5.10 Å². The van der Waals surface area contributed by atoms with Gasteiger partial charge in [0.25, 0.3) is 0 Å². The zero-order chi connectivity index (χ0) is 23.1. The highest BCUT2D eigenvalue weighted by atomic mass is 35.5. The number of hydrogen-bond donors (Lipinski definition) is 2. The van der Waals surface area contributed by atoms with Gasteiger partial charge in [0.2, 0.25) is 0 Å². The number of nitrogens with zero attached hydrogens (tertiary/aromatic N) is 1. The van der Waals surface area contributed by atoms with E-state index in [9.17, 15) is 9.59 Å². The van der Waals surface area contributed by atoms with E-state index in [1.807, 2.05) is 32.0 Å². The number of nitrogens with one attached hydrogen (secondary N) is 2. The Morgan fingerprint density at radius 2 is 1.75 bits per heavy atom. The van der Waals surface area contributed by atoms with Crippen LogP contribution in [0.2, 0.25) is 10.0 Å². The molecular weight excluding hydrogens is 449 g/mol. The first-order chi connectivity index (χ1) is 15.3. The van der Waals surface area contributed by atoms with E-state index >= 15 is 0 Å². The first kappa shape index (κ1) is 23.3. The minimum atomic E-state index is -0.859. The molecule has 0 fully saturated rings. The molecule has 0 aliphatic rings. The number of benzene rings is 3. The van der Waals surface area contributed by atoms with Crippen LogP contribution < -0.4 is 15.5 Å². The quantitative estimate of drug-likeness (QED) is 0.292. The van der Waals surface area contributed by atoms with E-state index in [0.717, 1.165) is 22.3 Å². The molecule has 0 heterocycles. The summed E-state index contributed by atoms with van der Waals surface area (Å²) in [6.45, 7) is 4.10. The van der Waals surface area contributed by atoms with Gasteiger partial charge in [0.1, 0.15) is 12.4 Å². The number of hydrogen-bond acceptors (Lipinski definition) is 4. The van der Waals surface area contributed by atoms with Gasteiger partial charge in [0.05, 0.1) is 6.21 Å². The van der Waals surface area contributed by atoms with Crippen LogP contribution in [0.25, 0.3) is 0 Å². The van der Waals surface area contributed by atoms with Crippen molar-refractivity contribution in [3.8, 4) is 5.75 Å². The van der Waals surface area contributed by atoms with Crippen molar-refractivity contribution in [2.24, 2.45) is 5.10 Å². The molecule has 3 aromatic rings. The van der Waals surface area contributed by atoms with E-state index in [1.165, 1.54) is 6.21 Å². The van der Waals surface area contributed by atoms with Crippen molar-refractivity contribution < 1.29 is 14.3 Å². The van der Waals surface area contributed by atoms with Crippen LogP contribution in [0.3, 0.4) is 0 Å². The highest BCUT2D eigenvalue weighted by Crippen LogP contribution is 2.23. The zero-order valence-corrected chi connectivity index (χ0v) is 19.0. The lowest BCUT2D eigenvalue weighted by Crippen LogP contribution is -2.32. The molecule has 0 aliphatic heterocycles. The first-order valence-electron chi connectivity index (χ1n) is 9.71. The molecule has 0 atom stereocenters. The SMILES string of the molecule is Cc1cccc(NC(=O)C(=O)N/N=C\c2ccc(OCc3ccc(Cl)cc3Cl)cc2)c1C. The second-order valence-corrected chi connectivity index (χ2v) is 7.84. The van der Waals surface area contributed by atoms with Crippen molar-refractivity contribution in [1.82, 2.24) is 5.43 Å². The fraction of sp³-hybridized carbons (Fsp3) is 0.125. The fourth-order valence-corrected chi connectivity index (χ4v) is 3.19. The highest BCUT2D eigenvalue weighted by Gasteiger charge is 2.14. The molecule has 0 radical (unpaired) electrons. The molecule has 164 valence electrons. The van der Waals surface area contributed by atoms with Crippen LogP contribution in [-0.2, 0) is 16.2 Å². The molecule has 2 amide bonds. The Kier molecular flexibility index (Phi) is 7.87. The Hall–Kier alpha value is -3.35. The molecule has 8 heteroatoms. The molecule has 0 aliphatic carbocycles. The van der Waals surface area contributed by atoms with Gasteiger partial charge in [-0.15, -0.1) is 0 Å². The third kappa shape index (κ3) is 6.33. The average molecular weight is 470 g/mol. The zero-order valence-electron chi connectivity index (χ0n) is 17.5. The average Bonchev–Trinajstić information content (AvgIpc) is 2.77. The van der Waals surface area contributed by atoms with Gasteiger partial charge in [0, 0.05) is 21.3 Å². The summed E-state index contributed by atoms with van der Waals surface area (Å²) in [5.74, 6) is -1.01. The molecule has 0 bridgehead atoms. The maximum absolute atomic E-state index is 12.1. The normalized spacial score (nSPS) is 10.8. The first-order valence-corrected chi connectivity index (χ1v) is 10.5. The summed E-state index contributed by atoms with van der Waals surface area (Å²) in [7, 11) is 0. The number of rotatable bonds is 6. The van der Waals surface area contributed by atoms with E-state index in [-0.39, 0.29) is 0 Å². The molecule has 32 heavy (non-hydrogen) atoms. The van der Waals surface area contributed by atoms with Crippen molar-refractivity contribution in [2.45, 2.75) is 20.5 Å². The van der Waals surface area contributed by atoms with Gasteiger partial charge >= 0.3 is 11.8 Å². The second-order valence-electron chi connectivity index (χ2n) is 6.99. The van der Waals surface area contributed by atoms with E-state index in [0.29, 0.717) is 28.1 Å². The standard InChI is InChI=1S/C24H21Cl2N3O3/c1-15-4-3-5-22(16(15)2)28-23(30)24(31)29-27-13-17-6-10-20(11-7-17)32-14-18-8-9-19(25)12-21(18)26/h3-13H,14H2,1-2H3,(H,28,30)(H,29,31)/b27-13-. The Morgan fingerprint density at radius 1 is 1.00 bits per heavy atom. The Labute approximate surface area is 196 Å². The lowest BCUT2D eigenvalue weighted by atomic mass is 10.1. The Morgan fingerprint density at radius 3 is 2.47 bits per heavy atom. The van der Waals surface area contributed by atoms with Gasteiger partial charge in [-0.25, -0.2) is 5.43 Å². The summed E-state index contributed by atoms with van der Waals surface area (Å²) < 4.78 is 5.72. The summed E-state index contributed by atoms with van der Waals surface area (Å²) in [5, 5.41) is 7.52. The maximum Gasteiger partial charge on any atom is 0.329 e. The van der Waals surface area contributed by atoms with Crippen LogP contribution in [0.1, 0.15) is 22.3 Å². The van der Waals surface area contributed by atoms with Crippen molar-refractivity contribution in [3.63, 3.8) is 0 Å². The Balaban J connectivity index is 1.50. The van der Waals surface area contributed by atoms with Gasteiger partial charge in [-0.1, -0.05) is 41.4 Å². The Bertz CT molecular complexity index is 1160. The van der Waals surface area contributed by atoms with Gasteiger partial charge in [-0.05, 0) is 73.0 Å². The number of ether oxygens (including phenoxy) is 1. The van der Waals surface area contributed by atoms with Crippen LogP contribution in [0.5, 0.6) is 5.75 Å². The third-order valence-electron chi connectivity index (χ3n) is 4.73. The van der Waals surface area contributed by atoms with Crippen molar-refractivity contribution >= 4 is 46.9 Å². The number of carbonyl (C=O) groups excluding carboxylic acids is 2. The van der Waals surface area contributed by atoms with Crippen molar-refractivity contribution in [1.29, 1.82) is 0 Å². The highest BCUT2D eigenvalue weighted by molar-refractivity contribution is 6.39. The molecule has 0 saturated heterocycles. The van der Waals surface area contributed by atoms with Gasteiger partial charge in [-0.3, -0.25) is 9.59 Å². The summed E-state index contributed by atoms with van der Waals surface area (Å²) in [4.78, 5) is 24.0. The number of carbonyl (C=O) groups is 2. The third-order valence-corrected chi connectivity index (χ3v) is 5.32. The van der Waals surface area contributed by atoms with Crippen LogP contribution in [-0.4, -0.2) is 18.0 Å². The molecule has 0 aromatic heterocycles. The van der Waals surface area contributed by atoms with Crippen LogP contribution in [0.15, 0.2) is 65.8 Å². The van der Waals surface area contributed by atoms with Crippen molar-refractivity contribution in [3.05, 3.63) is 93.0 Å². The summed E-state index contributed by atoms with van der Waals surface area (Å²) in [6.07, 6.45) is 1.43. The topological polar surface area (TPSA) is 79.8 Å². The lowest BCUT2D eigenvalue weighted by Gasteiger charge is -2.09. The van der Waals surface area contributed by atoms with Crippen molar-refractivity contribution in [2.75, 3.05) is 5.32 Å². The van der Waals surface area contributed by atoms with Gasteiger partial charge < -0.3 is 10.1 Å². The van der Waals surface area contributed by atoms with Gasteiger partial charge in [0.15, 0.2) is 0 Å². The summed E-state index contributed by atoms with van der Waals surface area (Å²) in [5.41, 5.74) is 6.27. The predicted molar refractivity (Wildman–Crippen MR) is 128 cm³/mol. The van der Waals surface area contributed by atoms with E-state index in [4.69, 9.17) is 27.9 Å². The fourth-order valence-electron chi connectivity index (χ4n) is 2.73. The molecular formula is C24H21Cl2N3O3. The van der Waals surface area contributed by atoms with E-state index in [1.54, 1.807) is 42.5 Å². The second kappa shape index (κ2) is 10.8. The lowest BCUT2D eigenvalue weighted by molar-refractivity contribution is -0.136. The minimum Gasteiger partial charge on any atom is -0.489 e. The molecule has 6 nitrogen and oxygen atoms in total. The molecule has 0 spiro atoms. The van der Waals surface area contributed by atoms with Crippen LogP contribution >= 0.6 is 23.2 Å². The smallest absolute Gasteiger partial charge is 0.329 e. The summed E-state index contributed by atoms with van der Waals surface area (Å²) >= 11 is 12.0. The molecule has 2 N–H and O–H groups in total. The van der Waals surface area contributed by atoms with Crippen LogP contribution in [0.4, 0.5) is 5.69 Å². The monoisotopic (exact) mass is 469 g/mol. The molecule has 0 saturated carbocycles. The number of halogens is 2. The number of anilines is 1. The number of amides is 2. The predicted octanol–water partition coefficient (Wildman–Crippen LogP) is 5.28. The molecule has 3 rings (SSSR count). The molecule has 3 aromatic carbocycles.